The number of hydrogen-bond acceptors (Lipinski definition) is 8. The molecule has 3 amide bonds. The zero-order chi connectivity index (χ0) is 27.5. The van der Waals surface area contributed by atoms with Crippen LogP contribution >= 0.6 is 0 Å². The monoisotopic (exact) mass is 523 g/mol. The number of imidazole rings is 1. The maximum Gasteiger partial charge on any atom is 0.326 e. The molecule has 204 valence electrons. The predicted molar refractivity (Wildman–Crippen MR) is 129 cm³/mol. The number of H-pyrrole nitrogens is 1. The Balaban J connectivity index is 2.05. The number of aliphatic carboxylic acids is 2. The number of hydrogen-bond donors (Lipinski definition) is 8. The van der Waals surface area contributed by atoms with Crippen molar-refractivity contribution in [2.75, 3.05) is 13.1 Å². The minimum absolute atomic E-state index is 0.0461. The Labute approximate surface area is 212 Å². The van der Waals surface area contributed by atoms with Crippen LogP contribution < -0.4 is 27.8 Å². The number of carbonyl (C=O) groups is 5. The summed E-state index contributed by atoms with van der Waals surface area (Å²) in [5, 5.41) is 23.5. The van der Waals surface area contributed by atoms with Crippen LogP contribution in [0.3, 0.4) is 0 Å². The van der Waals surface area contributed by atoms with Gasteiger partial charge >= 0.3 is 11.9 Å². The molecule has 0 aliphatic carbocycles. The van der Waals surface area contributed by atoms with Crippen LogP contribution in [-0.4, -0.2) is 98.0 Å². The van der Waals surface area contributed by atoms with Gasteiger partial charge in [0.05, 0.1) is 18.8 Å². The minimum Gasteiger partial charge on any atom is -0.481 e. The molecule has 4 atom stereocenters. The normalized spacial score (nSPS) is 17.3. The third kappa shape index (κ3) is 9.06. The number of nitrogens with zero attached hydrogens (tertiary/aromatic N) is 3. The van der Waals surface area contributed by atoms with E-state index in [1.54, 1.807) is 0 Å². The number of aromatic nitrogens is 2. The van der Waals surface area contributed by atoms with Crippen molar-refractivity contribution < 1.29 is 34.2 Å². The molecule has 1 aliphatic heterocycles. The Kier molecular flexibility index (Phi) is 10.8. The number of guanidine groups is 1. The summed E-state index contributed by atoms with van der Waals surface area (Å²) < 4.78 is 0. The van der Waals surface area contributed by atoms with Crippen LogP contribution in [0.4, 0.5) is 0 Å². The maximum absolute atomic E-state index is 13.2. The second-order valence-corrected chi connectivity index (χ2v) is 8.58. The topological polar surface area (TPSA) is 272 Å². The van der Waals surface area contributed by atoms with E-state index in [1.165, 1.54) is 12.5 Å². The Morgan fingerprint density at radius 2 is 1.92 bits per heavy atom. The van der Waals surface area contributed by atoms with E-state index in [0.29, 0.717) is 12.1 Å². The van der Waals surface area contributed by atoms with E-state index in [2.05, 4.69) is 25.6 Å². The molecule has 1 aromatic heterocycles. The number of nitrogens with one attached hydrogen (secondary N) is 3. The van der Waals surface area contributed by atoms with Crippen molar-refractivity contribution in [3.8, 4) is 0 Å². The number of likely N-dealkylation sites (tertiary alicyclic amines) is 1. The summed E-state index contributed by atoms with van der Waals surface area (Å²) in [5.74, 6) is -4.97. The molecule has 16 heteroatoms. The summed E-state index contributed by atoms with van der Waals surface area (Å²) in [4.78, 5) is 73.3. The third-order valence-corrected chi connectivity index (χ3v) is 5.72. The average molecular weight is 524 g/mol. The first-order chi connectivity index (χ1) is 17.5. The van der Waals surface area contributed by atoms with E-state index in [4.69, 9.17) is 17.2 Å². The van der Waals surface area contributed by atoms with Crippen molar-refractivity contribution in [2.24, 2.45) is 22.2 Å². The van der Waals surface area contributed by atoms with E-state index >= 15 is 0 Å². The second-order valence-electron chi connectivity index (χ2n) is 8.58. The zero-order valence-corrected chi connectivity index (χ0v) is 20.1. The highest BCUT2D eigenvalue weighted by atomic mass is 16.4. The molecule has 1 aliphatic rings. The van der Waals surface area contributed by atoms with Gasteiger partial charge in [-0.05, 0) is 25.7 Å². The first-order valence-electron chi connectivity index (χ1n) is 11.6. The standard InChI is InChI=1S/C21H33N9O7/c22-12(7-11-9-25-10-27-11)17(33)29-14(8-16(31)32)19(35)30-6-2-4-15(30)18(34)28-13(20(36)37)3-1-5-26-21(23)24/h9-10,12-15H,1-8,22H2,(H,25,27)(H,28,34)(H,29,33)(H,31,32)(H,36,37)(H4,23,24,26). The smallest absolute Gasteiger partial charge is 0.326 e. The number of amides is 3. The van der Waals surface area contributed by atoms with Gasteiger partial charge in [0.25, 0.3) is 0 Å². The number of rotatable bonds is 14. The van der Waals surface area contributed by atoms with Gasteiger partial charge in [-0.2, -0.15) is 0 Å². The molecule has 2 heterocycles. The Hall–Kier alpha value is -4.21. The molecule has 11 N–H and O–H groups in total. The molecule has 0 spiro atoms. The highest BCUT2D eigenvalue weighted by Crippen LogP contribution is 2.20. The summed E-state index contributed by atoms with van der Waals surface area (Å²) in [7, 11) is 0. The predicted octanol–water partition coefficient (Wildman–Crippen LogP) is -3.15. The van der Waals surface area contributed by atoms with Crippen LogP contribution in [0.5, 0.6) is 0 Å². The molecule has 1 saturated heterocycles. The largest absolute Gasteiger partial charge is 0.481 e. The van der Waals surface area contributed by atoms with Gasteiger partial charge in [0.2, 0.25) is 17.7 Å². The average Bonchev–Trinajstić information content (AvgIpc) is 3.51. The number of nitrogens with two attached hydrogens (primary N) is 3. The fourth-order valence-electron chi connectivity index (χ4n) is 3.91. The number of carboxylic acids is 2. The first-order valence-corrected chi connectivity index (χ1v) is 11.6. The van der Waals surface area contributed by atoms with Gasteiger partial charge in [-0.25, -0.2) is 9.78 Å². The summed E-state index contributed by atoms with van der Waals surface area (Å²) in [6.45, 7) is 0.306. The Morgan fingerprint density at radius 1 is 1.19 bits per heavy atom. The van der Waals surface area contributed by atoms with Crippen LogP contribution in [0, 0.1) is 0 Å². The van der Waals surface area contributed by atoms with Crippen molar-refractivity contribution in [3.05, 3.63) is 18.2 Å². The van der Waals surface area contributed by atoms with Gasteiger partial charge in [0.15, 0.2) is 5.96 Å². The molecule has 1 aromatic rings. The van der Waals surface area contributed by atoms with Crippen molar-refractivity contribution in [1.82, 2.24) is 25.5 Å². The first kappa shape index (κ1) is 29.0. The Morgan fingerprint density at radius 3 is 2.51 bits per heavy atom. The molecular formula is C21H33N9O7. The number of aromatic amines is 1. The maximum atomic E-state index is 13.2. The molecule has 2 rings (SSSR count). The van der Waals surface area contributed by atoms with Crippen LogP contribution in [0.2, 0.25) is 0 Å². The zero-order valence-electron chi connectivity index (χ0n) is 20.1. The van der Waals surface area contributed by atoms with Gasteiger partial charge in [-0.1, -0.05) is 0 Å². The molecule has 37 heavy (non-hydrogen) atoms. The van der Waals surface area contributed by atoms with Crippen LogP contribution in [-0.2, 0) is 30.4 Å². The SMILES string of the molecule is NC(N)=NCCCC(NC(=O)C1CCCN1C(=O)C(CC(=O)O)NC(=O)C(N)Cc1cnc[nH]1)C(=O)O. The fourth-order valence-corrected chi connectivity index (χ4v) is 3.91. The lowest BCUT2D eigenvalue weighted by molar-refractivity contribution is -0.147. The van der Waals surface area contributed by atoms with Gasteiger partial charge in [-0.3, -0.25) is 24.2 Å². The molecular weight excluding hydrogens is 490 g/mol. The van der Waals surface area contributed by atoms with Crippen molar-refractivity contribution in [2.45, 2.75) is 62.7 Å². The molecule has 0 saturated carbocycles. The lowest BCUT2D eigenvalue weighted by Gasteiger charge is -2.29. The Bertz CT molecular complexity index is 995. The van der Waals surface area contributed by atoms with Gasteiger partial charge in [0, 0.05) is 31.4 Å². The third-order valence-electron chi connectivity index (χ3n) is 5.72. The van der Waals surface area contributed by atoms with E-state index in [1.807, 2.05) is 0 Å². The molecule has 1 fully saturated rings. The minimum atomic E-state index is -1.47. The number of aliphatic imine (C=N–C) groups is 1. The molecule has 0 bridgehead atoms. The molecule has 0 radical (unpaired) electrons. The van der Waals surface area contributed by atoms with Crippen LogP contribution in [0.1, 0.15) is 37.8 Å². The lowest BCUT2D eigenvalue weighted by Crippen LogP contribution is -2.57. The molecule has 16 nitrogen and oxygen atoms in total. The van der Waals surface area contributed by atoms with E-state index in [9.17, 15) is 34.2 Å². The summed E-state index contributed by atoms with van der Waals surface area (Å²) >= 11 is 0. The quantitative estimate of drug-likeness (QED) is 0.0685. The molecule has 4 unspecified atom stereocenters. The summed E-state index contributed by atoms with van der Waals surface area (Å²) in [5.41, 5.74) is 16.9. The van der Waals surface area contributed by atoms with E-state index in [0.717, 1.165) is 4.90 Å². The van der Waals surface area contributed by atoms with Crippen LogP contribution in [0.15, 0.2) is 17.5 Å². The highest BCUT2D eigenvalue weighted by molar-refractivity contribution is 5.96. The molecule has 0 aromatic carbocycles. The number of carbonyl (C=O) groups excluding carboxylic acids is 3. The second kappa shape index (κ2) is 13.8. The lowest BCUT2D eigenvalue weighted by atomic mass is 10.1. The fraction of sp³-hybridized carbons (Fsp3) is 0.571. The van der Waals surface area contributed by atoms with Crippen molar-refractivity contribution in [3.63, 3.8) is 0 Å². The van der Waals surface area contributed by atoms with Crippen molar-refractivity contribution >= 4 is 35.6 Å². The number of carboxylic acid groups (broad SMARTS) is 2. The summed E-state index contributed by atoms with van der Waals surface area (Å²) in [6.07, 6.45) is 3.24. The van der Waals surface area contributed by atoms with Gasteiger partial charge < -0.3 is 47.9 Å². The van der Waals surface area contributed by atoms with E-state index in [-0.39, 0.29) is 44.7 Å². The van der Waals surface area contributed by atoms with E-state index < -0.39 is 60.2 Å². The van der Waals surface area contributed by atoms with Crippen LogP contribution in [0.25, 0.3) is 0 Å². The van der Waals surface area contributed by atoms with Gasteiger partial charge in [0.1, 0.15) is 18.1 Å². The van der Waals surface area contributed by atoms with Crippen molar-refractivity contribution in [1.29, 1.82) is 0 Å². The summed E-state index contributed by atoms with van der Waals surface area (Å²) in [6, 6.07) is -4.83. The highest BCUT2D eigenvalue weighted by Gasteiger charge is 2.39. The van der Waals surface area contributed by atoms with Gasteiger partial charge in [-0.15, -0.1) is 0 Å².